The third-order valence-electron chi connectivity index (χ3n) is 4.32. The molecule has 0 radical (unpaired) electrons. The first-order valence-electron chi connectivity index (χ1n) is 6.97. The molecule has 1 aliphatic carbocycles. The van der Waals surface area contributed by atoms with Gasteiger partial charge in [-0.05, 0) is 51.9 Å². The van der Waals surface area contributed by atoms with Crippen LogP contribution in [0.4, 0.5) is 0 Å². The SMILES string of the molecule is CC(=O)C1CCC(C(=O)N2CCCCC2)CC1. The minimum atomic E-state index is 0.198. The Bertz CT molecular complexity index is 287. The predicted molar refractivity (Wildman–Crippen MR) is 66.6 cm³/mol. The first-order chi connectivity index (χ1) is 8.18. The third-order valence-corrected chi connectivity index (χ3v) is 4.32. The van der Waals surface area contributed by atoms with Crippen molar-refractivity contribution in [1.82, 2.24) is 4.90 Å². The van der Waals surface area contributed by atoms with Crippen LogP contribution in [0.25, 0.3) is 0 Å². The van der Waals surface area contributed by atoms with Gasteiger partial charge in [-0.25, -0.2) is 0 Å². The molecule has 3 heteroatoms. The van der Waals surface area contributed by atoms with Gasteiger partial charge in [0.15, 0.2) is 0 Å². The summed E-state index contributed by atoms with van der Waals surface area (Å²) in [5, 5.41) is 0. The fraction of sp³-hybridized carbons (Fsp3) is 0.857. The van der Waals surface area contributed by atoms with E-state index in [2.05, 4.69) is 0 Å². The molecule has 2 fully saturated rings. The van der Waals surface area contributed by atoms with Crippen LogP contribution in [0.5, 0.6) is 0 Å². The molecule has 17 heavy (non-hydrogen) atoms. The lowest BCUT2D eigenvalue weighted by Gasteiger charge is -2.33. The van der Waals surface area contributed by atoms with Crippen molar-refractivity contribution in [2.24, 2.45) is 11.8 Å². The van der Waals surface area contributed by atoms with E-state index in [1.165, 1.54) is 6.42 Å². The number of piperidine rings is 1. The molecule has 0 aromatic carbocycles. The molecule has 0 N–H and O–H groups in total. The Balaban J connectivity index is 1.83. The van der Waals surface area contributed by atoms with E-state index in [1.807, 2.05) is 4.90 Å². The maximum atomic E-state index is 12.3. The molecular weight excluding hydrogens is 214 g/mol. The minimum absolute atomic E-state index is 0.198. The molecule has 0 bridgehead atoms. The number of hydrogen-bond donors (Lipinski definition) is 0. The van der Waals surface area contributed by atoms with E-state index in [1.54, 1.807) is 6.92 Å². The van der Waals surface area contributed by atoms with Crippen LogP contribution in [0.15, 0.2) is 0 Å². The molecule has 0 aromatic rings. The number of likely N-dealkylation sites (tertiary alicyclic amines) is 1. The lowest BCUT2D eigenvalue weighted by molar-refractivity contribution is -0.138. The van der Waals surface area contributed by atoms with Crippen molar-refractivity contribution in [2.75, 3.05) is 13.1 Å². The molecule has 0 spiro atoms. The van der Waals surface area contributed by atoms with E-state index < -0.39 is 0 Å². The van der Waals surface area contributed by atoms with E-state index in [0.717, 1.165) is 51.6 Å². The molecule has 3 nitrogen and oxygen atoms in total. The second kappa shape index (κ2) is 5.65. The summed E-state index contributed by atoms with van der Waals surface area (Å²) in [5.74, 6) is 1.07. The normalized spacial score (nSPS) is 30.1. The van der Waals surface area contributed by atoms with E-state index in [9.17, 15) is 9.59 Å². The van der Waals surface area contributed by atoms with Gasteiger partial charge in [-0.15, -0.1) is 0 Å². The van der Waals surface area contributed by atoms with Crippen molar-refractivity contribution < 1.29 is 9.59 Å². The van der Waals surface area contributed by atoms with Gasteiger partial charge >= 0.3 is 0 Å². The number of Topliss-reactive ketones (excluding diaryl/α,β-unsaturated/α-hetero) is 1. The van der Waals surface area contributed by atoms with Crippen LogP contribution in [0.3, 0.4) is 0 Å². The first kappa shape index (κ1) is 12.6. The van der Waals surface area contributed by atoms with Crippen LogP contribution >= 0.6 is 0 Å². The largest absolute Gasteiger partial charge is 0.342 e. The molecule has 1 aliphatic heterocycles. The van der Waals surface area contributed by atoms with Gasteiger partial charge in [0.2, 0.25) is 5.91 Å². The van der Waals surface area contributed by atoms with Crippen molar-refractivity contribution in [2.45, 2.75) is 51.9 Å². The minimum Gasteiger partial charge on any atom is -0.342 e. The molecule has 2 aliphatic rings. The summed E-state index contributed by atoms with van der Waals surface area (Å²) >= 11 is 0. The van der Waals surface area contributed by atoms with Gasteiger partial charge in [0.05, 0.1) is 0 Å². The Morgan fingerprint density at radius 1 is 0.882 bits per heavy atom. The van der Waals surface area contributed by atoms with E-state index >= 15 is 0 Å². The maximum absolute atomic E-state index is 12.3. The summed E-state index contributed by atoms with van der Waals surface area (Å²) in [6.45, 7) is 3.58. The summed E-state index contributed by atoms with van der Waals surface area (Å²) in [4.78, 5) is 25.6. The molecule has 1 saturated heterocycles. The summed E-state index contributed by atoms with van der Waals surface area (Å²) in [6.07, 6.45) is 7.25. The molecule has 96 valence electrons. The van der Waals surface area contributed by atoms with Crippen LogP contribution in [-0.2, 0) is 9.59 Å². The molecular formula is C14H23NO2. The van der Waals surface area contributed by atoms with Crippen molar-refractivity contribution in [3.8, 4) is 0 Å². The zero-order valence-corrected chi connectivity index (χ0v) is 10.8. The molecule has 0 unspecified atom stereocenters. The zero-order valence-electron chi connectivity index (χ0n) is 10.8. The average molecular weight is 237 g/mol. The van der Waals surface area contributed by atoms with E-state index in [4.69, 9.17) is 0 Å². The Hall–Kier alpha value is -0.860. The van der Waals surface area contributed by atoms with Gasteiger partial charge in [-0.2, -0.15) is 0 Å². The summed E-state index contributed by atoms with van der Waals surface area (Å²) in [7, 11) is 0. The number of rotatable bonds is 2. The number of ketones is 1. The molecule has 2 rings (SSSR count). The van der Waals surface area contributed by atoms with Gasteiger partial charge in [0.25, 0.3) is 0 Å². The molecule has 1 heterocycles. The molecule has 1 amide bonds. The fourth-order valence-electron chi connectivity index (χ4n) is 3.12. The number of amides is 1. The molecule has 0 atom stereocenters. The first-order valence-corrected chi connectivity index (χ1v) is 6.97. The van der Waals surface area contributed by atoms with E-state index in [-0.39, 0.29) is 11.8 Å². The average Bonchev–Trinajstić information content (AvgIpc) is 2.39. The fourth-order valence-corrected chi connectivity index (χ4v) is 3.12. The highest BCUT2D eigenvalue weighted by molar-refractivity contribution is 5.81. The number of carbonyl (C=O) groups excluding carboxylic acids is 2. The standard InChI is InChI=1S/C14H23NO2/c1-11(16)12-5-7-13(8-6-12)14(17)15-9-3-2-4-10-15/h12-13H,2-10H2,1H3. The lowest BCUT2D eigenvalue weighted by Crippen LogP contribution is -2.41. The maximum Gasteiger partial charge on any atom is 0.225 e. The van der Waals surface area contributed by atoms with Crippen LogP contribution in [0.1, 0.15) is 51.9 Å². The third kappa shape index (κ3) is 3.08. The zero-order chi connectivity index (χ0) is 12.3. The monoisotopic (exact) mass is 237 g/mol. The summed E-state index contributed by atoms with van der Waals surface area (Å²) in [5.41, 5.74) is 0. The van der Waals surface area contributed by atoms with Gasteiger partial charge in [0.1, 0.15) is 5.78 Å². The highest BCUT2D eigenvalue weighted by atomic mass is 16.2. The Labute approximate surface area is 104 Å². The number of nitrogens with zero attached hydrogens (tertiary/aromatic N) is 1. The van der Waals surface area contributed by atoms with Crippen molar-refractivity contribution in [1.29, 1.82) is 0 Å². The smallest absolute Gasteiger partial charge is 0.225 e. The molecule has 1 saturated carbocycles. The number of carbonyl (C=O) groups is 2. The van der Waals surface area contributed by atoms with Gasteiger partial charge in [-0.1, -0.05) is 0 Å². The van der Waals surface area contributed by atoms with E-state index in [0.29, 0.717) is 11.7 Å². The molecule has 0 aromatic heterocycles. The Morgan fingerprint density at radius 3 is 1.94 bits per heavy atom. The van der Waals surface area contributed by atoms with Crippen LogP contribution in [0.2, 0.25) is 0 Å². The Kier molecular flexibility index (Phi) is 4.19. The van der Waals surface area contributed by atoms with Gasteiger partial charge < -0.3 is 4.90 Å². The highest BCUT2D eigenvalue weighted by Crippen LogP contribution is 2.31. The quantitative estimate of drug-likeness (QED) is 0.739. The predicted octanol–water partition coefficient (Wildman–Crippen LogP) is 2.39. The highest BCUT2D eigenvalue weighted by Gasteiger charge is 2.31. The van der Waals surface area contributed by atoms with Crippen LogP contribution < -0.4 is 0 Å². The topological polar surface area (TPSA) is 37.4 Å². The van der Waals surface area contributed by atoms with Crippen molar-refractivity contribution in [3.63, 3.8) is 0 Å². The summed E-state index contributed by atoms with van der Waals surface area (Å²) in [6, 6.07) is 0. The number of hydrogen-bond acceptors (Lipinski definition) is 2. The second-order valence-electron chi connectivity index (χ2n) is 5.55. The van der Waals surface area contributed by atoms with Crippen molar-refractivity contribution in [3.05, 3.63) is 0 Å². The van der Waals surface area contributed by atoms with Gasteiger partial charge in [-0.3, -0.25) is 9.59 Å². The van der Waals surface area contributed by atoms with Crippen LogP contribution in [-0.4, -0.2) is 29.7 Å². The van der Waals surface area contributed by atoms with Gasteiger partial charge in [0, 0.05) is 24.9 Å². The van der Waals surface area contributed by atoms with Crippen LogP contribution in [0, 0.1) is 11.8 Å². The summed E-state index contributed by atoms with van der Waals surface area (Å²) < 4.78 is 0. The van der Waals surface area contributed by atoms with Crippen molar-refractivity contribution >= 4 is 11.7 Å². The lowest BCUT2D eigenvalue weighted by atomic mass is 9.79. The second-order valence-corrected chi connectivity index (χ2v) is 5.55. The Morgan fingerprint density at radius 2 is 1.41 bits per heavy atom.